The van der Waals surface area contributed by atoms with Crippen molar-refractivity contribution in [3.8, 4) is 22.8 Å². The summed E-state index contributed by atoms with van der Waals surface area (Å²) in [4.78, 5) is 65.3. The normalized spacial score (nSPS) is 20.9. The molecule has 3 atom stereocenters. The number of benzene rings is 2. The number of ether oxygens (including phenoxy) is 2. The van der Waals surface area contributed by atoms with Gasteiger partial charge in [-0.15, -0.1) is 0 Å². The van der Waals surface area contributed by atoms with Crippen LogP contribution >= 0.6 is 0 Å². The van der Waals surface area contributed by atoms with Crippen LogP contribution in [0.1, 0.15) is 53.6 Å². The van der Waals surface area contributed by atoms with Crippen molar-refractivity contribution in [1.82, 2.24) is 25.0 Å². The Kier molecular flexibility index (Phi) is 9.62. The fourth-order valence-electron chi connectivity index (χ4n) is 8.99. The van der Waals surface area contributed by atoms with E-state index >= 15 is 0 Å². The minimum atomic E-state index is -0.959. The number of aromatic amines is 1. The Bertz CT molecular complexity index is 2220. The second kappa shape index (κ2) is 14.7. The highest BCUT2D eigenvalue weighted by Gasteiger charge is 2.59. The third-order valence-corrected chi connectivity index (χ3v) is 11.7. The SMILES string of the molecule is CC[C@]12c3[nH]c4cc(-c5ccco5)ccc4c3CCN1C(=O)[C@@H](CC(=O)NCc1ccc(OC)c(OC)c1)C[C@@H]2C(=O)N1CCN(C(=O)c2ccco2)CC1. The maximum Gasteiger partial charge on any atom is 0.289 e. The Balaban J connectivity index is 1.09. The van der Waals surface area contributed by atoms with E-state index in [0.717, 1.165) is 39.0 Å². The molecule has 2 fully saturated rings. The number of furan rings is 2. The van der Waals surface area contributed by atoms with Crippen molar-refractivity contribution >= 4 is 34.5 Å². The van der Waals surface area contributed by atoms with Crippen LogP contribution < -0.4 is 14.8 Å². The number of nitrogens with one attached hydrogen (secondary N) is 2. The molecule has 2 N–H and O–H groups in total. The third kappa shape index (κ3) is 6.30. The molecule has 0 spiro atoms. The number of hydrogen-bond donors (Lipinski definition) is 2. The Morgan fingerprint density at radius 1 is 0.909 bits per heavy atom. The second-order valence-corrected chi connectivity index (χ2v) is 14.5. The van der Waals surface area contributed by atoms with Crippen molar-refractivity contribution in [2.24, 2.45) is 11.8 Å². The first kappa shape index (κ1) is 36.0. The molecule has 0 saturated carbocycles. The zero-order chi connectivity index (χ0) is 38.3. The topological polar surface area (TPSA) is 151 Å². The van der Waals surface area contributed by atoms with Crippen molar-refractivity contribution in [2.45, 2.75) is 44.7 Å². The van der Waals surface area contributed by atoms with E-state index in [2.05, 4.69) is 22.4 Å². The van der Waals surface area contributed by atoms with Gasteiger partial charge in [0, 0.05) is 73.8 Å². The van der Waals surface area contributed by atoms with Gasteiger partial charge in [0.1, 0.15) is 5.76 Å². The van der Waals surface area contributed by atoms with Crippen LogP contribution in [0.25, 0.3) is 22.2 Å². The molecule has 13 nitrogen and oxygen atoms in total. The molecular weight excluding hydrogens is 702 g/mol. The van der Waals surface area contributed by atoms with E-state index in [1.807, 2.05) is 41.0 Å². The molecular formula is C42H45N5O8. The summed E-state index contributed by atoms with van der Waals surface area (Å²) < 4.78 is 21.8. The first-order chi connectivity index (χ1) is 26.7. The van der Waals surface area contributed by atoms with Gasteiger partial charge in [0.25, 0.3) is 5.91 Å². The predicted octanol–water partition coefficient (Wildman–Crippen LogP) is 5.36. The fourth-order valence-corrected chi connectivity index (χ4v) is 8.99. The first-order valence-electron chi connectivity index (χ1n) is 18.8. The predicted molar refractivity (Wildman–Crippen MR) is 202 cm³/mol. The van der Waals surface area contributed by atoms with Gasteiger partial charge in [0.15, 0.2) is 17.3 Å². The quantitative estimate of drug-likeness (QED) is 0.194. The summed E-state index contributed by atoms with van der Waals surface area (Å²) in [5.74, 6) is 0.134. The van der Waals surface area contributed by atoms with Gasteiger partial charge in [-0.3, -0.25) is 19.2 Å². The summed E-state index contributed by atoms with van der Waals surface area (Å²) >= 11 is 0. The molecule has 13 heteroatoms. The van der Waals surface area contributed by atoms with Gasteiger partial charge in [-0.2, -0.15) is 0 Å². The molecule has 5 aromatic rings. The number of aromatic nitrogens is 1. The third-order valence-electron chi connectivity index (χ3n) is 11.7. The zero-order valence-electron chi connectivity index (χ0n) is 31.3. The molecule has 6 heterocycles. The number of piperazine rings is 1. The van der Waals surface area contributed by atoms with E-state index in [1.54, 1.807) is 49.6 Å². The Labute approximate surface area is 318 Å². The molecule has 55 heavy (non-hydrogen) atoms. The minimum Gasteiger partial charge on any atom is -0.493 e. The van der Waals surface area contributed by atoms with Crippen LogP contribution in [-0.4, -0.2) is 90.3 Å². The monoisotopic (exact) mass is 747 g/mol. The number of carbonyl (C=O) groups excluding carboxylic acids is 4. The van der Waals surface area contributed by atoms with Gasteiger partial charge < -0.3 is 43.3 Å². The average molecular weight is 748 g/mol. The highest BCUT2D eigenvalue weighted by Crippen LogP contribution is 2.52. The average Bonchev–Trinajstić information content (AvgIpc) is 4.03. The van der Waals surface area contributed by atoms with Crippen molar-refractivity contribution in [2.75, 3.05) is 46.9 Å². The molecule has 0 radical (unpaired) electrons. The molecule has 0 aliphatic carbocycles. The van der Waals surface area contributed by atoms with Crippen LogP contribution in [0.15, 0.2) is 82.0 Å². The van der Waals surface area contributed by atoms with E-state index < -0.39 is 17.4 Å². The molecule has 2 saturated heterocycles. The summed E-state index contributed by atoms with van der Waals surface area (Å²) in [6.07, 6.45) is 4.38. The number of amides is 4. The number of methoxy groups -OCH3 is 2. The molecule has 8 rings (SSSR count). The lowest BCUT2D eigenvalue weighted by Gasteiger charge is -2.56. The van der Waals surface area contributed by atoms with Gasteiger partial charge >= 0.3 is 0 Å². The van der Waals surface area contributed by atoms with E-state index in [1.165, 1.54) is 6.26 Å². The minimum absolute atomic E-state index is 0.0519. The Morgan fingerprint density at radius 3 is 2.38 bits per heavy atom. The van der Waals surface area contributed by atoms with Crippen LogP contribution in [0.5, 0.6) is 11.5 Å². The lowest BCUT2D eigenvalue weighted by molar-refractivity contribution is -0.167. The molecule has 286 valence electrons. The van der Waals surface area contributed by atoms with Crippen LogP contribution in [0.3, 0.4) is 0 Å². The molecule has 4 amide bonds. The number of piperidine rings is 1. The molecule has 2 aromatic carbocycles. The highest BCUT2D eigenvalue weighted by atomic mass is 16.5. The van der Waals surface area contributed by atoms with E-state index in [9.17, 15) is 19.2 Å². The number of carbonyl (C=O) groups is 4. The summed E-state index contributed by atoms with van der Waals surface area (Å²) in [6, 6.07) is 18.7. The molecule has 0 unspecified atom stereocenters. The second-order valence-electron chi connectivity index (χ2n) is 14.5. The fraction of sp³-hybridized carbons (Fsp3) is 0.381. The smallest absolute Gasteiger partial charge is 0.289 e. The lowest BCUT2D eigenvalue weighted by atomic mass is 9.65. The van der Waals surface area contributed by atoms with Crippen molar-refractivity contribution in [3.05, 3.63) is 95.8 Å². The number of rotatable bonds is 10. The maximum absolute atomic E-state index is 15.0. The Morgan fingerprint density at radius 2 is 1.67 bits per heavy atom. The van der Waals surface area contributed by atoms with Gasteiger partial charge in [-0.25, -0.2) is 0 Å². The van der Waals surface area contributed by atoms with Crippen LogP contribution in [-0.2, 0) is 32.9 Å². The molecule has 3 aliphatic heterocycles. The number of nitrogens with zero attached hydrogens (tertiary/aromatic N) is 3. The molecule has 3 aliphatic rings. The summed E-state index contributed by atoms with van der Waals surface area (Å²) in [7, 11) is 3.12. The van der Waals surface area contributed by atoms with Gasteiger partial charge in [-0.1, -0.05) is 25.1 Å². The van der Waals surface area contributed by atoms with Crippen molar-refractivity contribution in [1.29, 1.82) is 0 Å². The highest BCUT2D eigenvalue weighted by molar-refractivity contribution is 5.94. The number of fused-ring (bicyclic) bond motifs is 5. The standard InChI is InChI=1S/C42H45N5O8/c1-4-42-31(40(50)45-15-17-46(18-16-45)41(51)35-8-6-20-55-35)22-28(24-37(48)43-25-26-9-12-34(52-2)36(21-26)53-3)39(49)47(42)14-13-30-29-11-10-27(33-7-5-19-54-33)23-32(29)44-38(30)42/h5-12,19-21,23,28,31,44H,4,13-18,22,24-25H2,1-3H3,(H,43,48)/t28-,31-,42+/m1/s1. The summed E-state index contributed by atoms with van der Waals surface area (Å²) in [5.41, 5.74) is 3.67. The maximum atomic E-state index is 15.0. The van der Waals surface area contributed by atoms with Crippen LogP contribution in [0.2, 0.25) is 0 Å². The van der Waals surface area contributed by atoms with Crippen LogP contribution in [0, 0.1) is 11.8 Å². The van der Waals surface area contributed by atoms with Crippen molar-refractivity contribution in [3.63, 3.8) is 0 Å². The Hall–Kier alpha value is -5.98. The molecule has 0 bridgehead atoms. The molecule has 3 aromatic heterocycles. The number of H-pyrrole nitrogens is 1. The van der Waals surface area contributed by atoms with Gasteiger partial charge in [0.2, 0.25) is 17.7 Å². The van der Waals surface area contributed by atoms with E-state index in [0.29, 0.717) is 57.1 Å². The van der Waals surface area contributed by atoms with Gasteiger partial charge in [-0.05, 0) is 72.9 Å². The van der Waals surface area contributed by atoms with Gasteiger partial charge in [0.05, 0.1) is 38.2 Å². The largest absolute Gasteiger partial charge is 0.493 e. The first-order valence-corrected chi connectivity index (χ1v) is 18.8. The van der Waals surface area contributed by atoms with E-state index in [4.69, 9.17) is 18.3 Å². The zero-order valence-corrected chi connectivity index (χ0v) is 31.3. The summed E-state index contributed by atoms with van der Waals surface area (Å²) in [5, 5.41) is 4.03. The lowest BCUT2D eigenvalue weighted by Crippen LogP contribution is -2.66. The van der Waals surface area contributed by atoms with Crippen molar-refractivity contribution < 1.29 is 37.5 Å². The number of hydrogen-bond acceptors (Lipinski definition) is 8. The van der Waals surface area contributed by atoms with E-state index in [-0.39, 0.29) is 48.8 Å². The van der Waals surface area contributed by atoms with Crippen LogP contribution in [0.4, 0.5) is 0 Å². The summed E-state index contributed by atoms with van der Waals surface area (Å²) in [6.45, 7) is 4.10.